The van der Waals surface area contributed by atoms with Crippen LogP contribution in [0.3, 0.4) is 0 Å². The number of nitrogens with one attached hydrogen (secondary N) is 4. The maximum absolute atomic E-state index is 13.5. The number of hydrogen-bond acceptors (Lipinski definition) is 8. The van der Waals surface area contributed by atoms with E-state index in [9.17, 15) is 29.1 Å². The predicted octanol–water partition coefficient (Wildman–Crippen LogP) is 0.283. The summed E-state index contributed by atoms with van der Waals surface area (Å²) in [6.07, 6.45) is 3.86. The van der Waals surface area contributed by atoms with Gasteiger partial charge in [0.2, 0.25) is 23.6 Å². The highest BCUT2D eigenvalue weighted by atomic mass is 16.4. The van der Waals surface area contributed by atoms with Gasteiger partial charge >= 0.3 is 5.97 Å². The van der Waals surface area contributed by atoms with Crippen LogP contribution in [-0.4, -0.2) is 77.1 Å². The number of carboxylic acids is 1. The fourth-order valence-electron chi connectivity index (χ4n) is 4.21. The van der Waals surface area contributed by atoms with Crippen LogP contribution in [0, 0.1) is 5.92 Å². The number of benzene rings is 1. The topological polar surface area (TPSA) is 226 Å². The predicted molar refractivity (Wildman–Crippen MR) is 158 cm³/mol. The third-order valence-electron chi connectivity index (χ3n) is 6.55. The van der Waals surface area contributed by atoms with E-state index in [1.165, 1.54) is 12.1 Å². The molecule has 0 saturated carbocycles. The van der Waals surface area contributed by atoms with E-state index in [1.54, 1.807) is 12.1 Å². The van der Waals surface area contributed by atoms with Gasteiger partial charge in [-0.2, -0.15) is 0 Å². The summed E-state index contributed by atoms with van der Waals surface area (Å²) in [6.45, 7) is 5.50. The van der Waals surface area contributed by atoms with Gasteiger partial charge in [-0.05, 0) is 62.3 Å². The van der Waals surface area contributed by atoms with Crippen LogP contribution in [0.2, 0.25) is 0 Å². The van der Waals surface area contributed by atoms with Crippen molar-refractivity contribution in [1.82, 2.24) is 21.3 Å². The number of aliphatic carboxylic acids is 1. The molecule has 0 aliphatic heterocycles. The molecule has 1 aromatic rings. The minimum absolute atomic E-state index is 0.00718. The first kappa shape index (κ1) is 36.3. The molecule has 0 fully saturated rings. The van der Waals surface area contributed by atoms with Gasteiger partial charge in [-0.3, -0.25) is 24.0 Å². The number of carbonyl (C=O) groups is 5. The second-order valence-corrected chi connectivity index (χ2v) is 10.8. The number of nitrogens with two attached hydrogens (primary N) is 2. The first-order valence-corrected chi connectivity index (χ1v) is 14.5. The monoisotopic (exact) mass is 592 g/mol. The summed E-state index contributed by atoms with van der Waals surface area (Å²) in [5.41, 5.74) is 12.2. The average molecular weight is 593 g/mol. The van der Waals surface area contributed by atoms with Crippen molar-refractivity contribution < 1.29 is 34.2 Å². The molecule has 42 heavy (non-hydrogen) atoms. The smallest absolute Gasteiger partial charge is 0.322 e. The van der Waals surface area contributed by atoms with Crippen LogP contribution in [0.5, 0.6) is 5.75 Å². The Kier molecular flexibility index (Phi) is 16.8. The lowest BCUT2D eigenvalue weighted by molar-refractivity contribution is -0.138. The average Bonchev–Trinajstić information content (AvgIpc) is 2.93. The van der Waals surface area contributed by atoms with E-state index in [0.29, 0.717) is 37.8 Å². The Morgan fingerprint density at radius 1 is 0.810 bits per heavy atom. The molecule has 0 radical (unpaired) electrons. The zero-order valence-electron chi connectivity index (χ0n) is 24.9. The largest absolute Gasteiger partial charge is 0.508 e. The molecular weight excluding hydrogens is 544 g/mol. The van der Waals surface area contributed by atoms with Crippen LogP contribution >= 0.6 is 0 Å². The van der Waals surface area contributed by atoms with Crippen LogP contribution in [0.4, 0.5) is 0 Å². The van der Waals surface area contributed by atoms with Crippen molar-refractivity contribution in [3.05, 3.63) is 29.8 Å². The lowest BCUT2D eigenvalue weighted by Crippen LogP contribution is -2.58. The van der Waals surface area contributed by atoms with Crippen molar-refractivity contribution in [3.63, 3.8) is 0 Å². The number of unbranched alkanes of at least 4 members (excludes halogenated alkanes) is 2. The number of hydrogen-bond donors (Lipinski definition) is 8. The zero-order chi connectivity index (χ0) is 31.7. The summed E-state index contributed by atoms with van der Waals surface area (Å²) in [5, 5.41) is 28.9. The number of amides is 4. The van der Waals surface area contributed by atoms with Gasteiger partial charge in [-0.15, -0.1) is 0 Å². The molecule has 0 heterocycles. The van der Waals surface area contributed by atoms with Gasteiger partial charge in [0.05, 0.1) is 6.04 Å². The molecule has 236 valence electrons. The summed E-state index contributed by atoms with van der Waals surface area (Å²) in [7, 11) is 0. The molecule has 4 atom stereocenters. The van der Waals surface area contributed by atoms with Gasteiger partial charge in [0.25, 0.3) is 0 Å². The van der Waals surface area contributed by atoms with Crippen molar-refractivity contribution in [2.24, 2.45) is 17.4 Å². The number of rotatable bonds is 20. The summed E-state index contributed by atoms with van der Waals surface area (Å²) in [6, 6.07) is 2.09. The summed E-state index contributed by atoms with van der Waals surface area (Å²) in [5.74, 6) is -3.63. The molecule has 13 heteroatoms. The van der Waals surface area contributed by atoms with E-state index in [1.807, 2.05) is 20.8 Å². The van der Waals surface area contributed by atoms with Gasteiger partial charge in [0.15, 0.2) is 0 Å². The van der Waals surface area contributed by atoms with Crippen molar-refractivity contribution in [2.75, 3.05) is 13.1 Å². The third-order valence-corrected chi connectivity index (χ3v) is 6.55. The van der Waals surface area contributed by atoms with E-state index < -0.39 is 60.3 Å². The van der Waals surface area contributed by atoms with E-state index in [0.717, 1.165) is 12.8 Å². The summed E-state index contributed by atoms with van der Waals surface area (Å²) < 4.78 is 0. The maximum atomic E-state index is 13.5. The molecule has 1 rings (SSSR count). The minimum atomic E-state index is -1.25. The Hall–Kier alpha value is -3.71. The van der Waals surface area contributed by atoms with Crippen molar-refractivity contribution >= 4 is 29.6 Å². The first-order chi connectivity index (χ1) is 19.9. The van der Waals surface area contributed by atoms with E-state index in [4.69, 9.17) is 16.6 Å². The standard InChI is InChI=1S/C29H48N6O7/c1-4-5-8-21(31)26(39)33-22(9-6-7-14-30)28(41)34-23(15-18(2)3)29(42)35-24(27(40)32-17-25(37)38)16-19-10-12-20(36)13-11-19/h10-13,18,21-24,36H,4-9,14-17,30-31H2,1-3H3,(H,32,40)(H,33,39)(H,34,41)(H,35,42)(H,37,38)/t21-,22-,23-,24-/m0/s1. The molecule has 1 aromatic carbocycles. The zero-order valence-corrected chi connectivity index (χ0v) is 24.9. The van der Waals surface area contributed by atoms with E-state index in [-0.39, 0.29) is 24.5 Å². The highest BCUT2D eigenvalue weighted by Gasteiger charge is 2.31. The fourth-order valence-corrected chi connectivity index (χ4v) is 4.21. The van der Waals surface area contributed by atoms with Crippen molar-refractivity contribution in [1.29, 1.82) is 0 Å². The molecule has 13 nitrogen and oxygen atoms in total. The van der Waals surface area contributed by atoms with Gasteiger partial charge in [0, 0.05) is 6.42 Å². The minimum Gasteiger partial charge on any atom is -0.508 e. The number of carbonyl (C=O) groups excluding carboxylic acids is 4. The number of aromatic hydroxyl groups is 1. The third kappa shape index (κ3) is 14.3. The summed E-state index contributed by atoms with van der Waals surface area (Å²) in [4.78, 5) is 63.4. The lowest BCUT2D eigenvalue weighted by Gasteiger charge is -2.27. The second-order valence-electron chi connectivity index (χ2n) is 10.8. The molecule has 0 aliphatic carbocycles. The fraction of sp³-hybridized carbons (Fsp3) is 0.621. The summed E-state index contributed by atoms with van der Waals surface area (Å²) >= 11 is 0. The number of carboxylic acid groups (broad SMARTS) is 1. The molecule has 0 saturated heterocycles. The van der Waals surface area contributed by atoms with E-state index >= 15 is 0 Å². The first-order valence-electron chi connectivity index (χ1n) is 14.5. The number of phenolic OH excluding ortho intramolecular Hbond substituents is 1. The maximum Gasteiger partial charge on any atom is 0.322 e. The van der Waals surface area contributed by atoms with Gasteiger partial charge in [-0.25, -0.2) is 0 Å². The Balaban J connectivity index is 3.13. The van der Waals surface area contributed by atoms with Crippen LogP contribution in [0.15, 0.2) is 24.3 Å². The molecule has 10 N–H and O–H groups in total. The molecule has 4 amide bonds. The Labute approximate surface area is 247 Å². The van der Waals surface area contributed by atoms with Crippen molar-refractivity contribution in [2.45, 2.75) is 96.3 Å². The van der Waals surface area contributed by atoms with E-state index in [2.05, 4.69) is 21.3 Å². The SMILES string of the molecule is CCCC[C@H](N)C(=O)N[C@@H](CCCCN)C(=O)N[C@@H](CC(C)C)C(=O)N[C@@H](Cc1ccc(O)cc1)C(=O)NCC(=O)O. The van der Waals surface area contributed by atoms with Crippen molar-refractivity contribution in [3.8, 4) is 5.75 Å². The molecule has 0 bridgehead atoms. The normalized spacial score (nSPS) is 13.9. The molecule has 0 unspecified atom stereocenters. The highest BCUT2D eigenvalue weighted by Crippen LogP contribution is 2.13. The van der Waals surface area contributed by atoms with Gasteiger partial charge < -0.3 is 42.9 Å². The molecule has 0 spiro atoms. The molecule has 0 aliphatic rings. The van der Waals surface area contributed by atoms with Gasteiger partial charge in [-0.1, -0.05) is 45.7 Å². The Morgan fingerprint density at radius 2 is 1.40 bits per heavy atom. The Bertz CT molecular complexity index is 1020. The van der Waals surface area contributed by atoms with Crippen LogP contribution in [0.25, 0.3) is 0 Å². The van der Waals surface area contributed by atoms with Gasteiger partial charge in [0.1, 0.15) is 30.4 Å². The number of phenols is 1. The molecule has 0 aromatic heterocycles. The Morgan fingerprint density at radius 3 is 1.98 bits per heavy atom. The second kappa shape index (κ2) is 19.4. The highest BCUT2D eigenvalue weighted by molar-refractivity contribution is 5.95. The quantitative estimate of drug-likeness (QED) is 0.0972. The van der Waals surface area contributed by atoms with Crippen LogP contribution < -0.4 is 32.7 Å². The lowest BCUT2D eigenvalue weighted by atomic mass is 10.00. The van der Waals surface area contributed by atoms with Crippen LogP contribution in [-0.2, 0) is 30.4 Å². The van der Waals surface area contributed by atoms with Crippen LogP contribution in [0.1, 0.15) is 71.3 Å². The molecular formula is C29H48N6O7.